The van der Waals surface area contributed by atoms with Crippen LogP contribution in [0.4, 0.5) is 5.69 Å². The molecule has 0 aliphatic carbocycles. The van der Waals surface area contributed by atoms with Gasteiger partial charge in [-0.3, -0.25) is 14.9 Å². The topological polar surface area (TPSA) is 70.2 Å². The van der Waals surface area contributed by atoms with Crippen molar-refractivity contribution in [2.75, 3.05) is 25.5 Å². The van der Waals surface area contributed by atoms with Crippen molar-refractivity contribution in [3.8, 4) is 0 Å². The van der Waals surface area contributed by atoms with Gasteiger partial charge in [0.25, 0.3) is 0 Å². The molecule has 0 aromatic heterocycles. The fourth-order valence-corrected chi connectivity index (χ4v) is 1.52. The van der Waals surface area contributed by atoms with Crippen LogP contribution in [-0.2, 0) is 9.59 Å². The Morgan fingerprint density at radius 1 is 1.18 bits per heavy atom. The molecule has 3 N–H and O–H groups in total. The number of hydrogen-bond acceptors (Lipinski definition) is 3. The molecular formula is C11H14BrN3O2. The van der Waals surface area contributed by atoms with E-state index in [0.29, 0.717) is 5.69 Å². The minimum atomic E-state index is -0.194. The lowest BCUT2D eigenvalue weighted by atomic mass is 10.3. The molecule has 0 bridgehead atoms. The van der Waals surface area contributed by atoms with E-state index in [9.17, 15) is 9.59 Å². The molecule has 6 heteroatoms. The predicted octanol–water partition coefficient (Wildman–Crippen LogP) is 0.723. The largest absolute Gasteiger partial charge is 0.358 e. The number of likely N-dealkylation sites (N-methyl/N-ethyl adjacent to an activating group) is 1. The Bertz CT molecular complexity index is 409. The number of hydrogen-bond donors (Lipinski definition) is 3. The third-order valence-electron chi connectivity index (χ3n) is 2.00. The molecule has 0 spiro atoms. The highest BCUT2D eigenvalue weighted by molar-refractivity contribution is 9.10. The van der Waals surface area contributed by atoms with Crippen LogP contribution in [0.2, 0.25) is 0 Å². The number of carbonyl (C=O) groups is 2. The van der Waals surface area contributed by atoms with Crippen LogP contribution in [0, 0.1) is 0 Å². The van der Waals surface area contributed by atoms with Crippen molar-refractivity contribution >= 4 is 33.4 Å². The minimum Gasteiger partial charge on any atom is -0.358 e. The molecule has 0 radical (unpaired) electrons. The second-order valence-corrected chi connectivity index (χ2v) is 4.16. The first-order valence-corrected chi connectivity index (χ1v) is 5.88. The van der Waals surface area contributed by atoms with E-state index in [-0.39, 0.29) is 24.9 Å². The van der Waals surface area contributed by atoms with Gasteiger partial charge >= 0.3 is 0 Å². The summed E-state index contributed by atoms with van der Waals surface area (Å²) >= 11 is 3.33. The zero-order valence-electron chi connectivity index (χ0n) is 9.42. The van der Waals surface area contributed by atoms with Gasteiger partial charge in [0, 0.05) is 11.5 Å². The fourth-order valence-electron chi connectivity index (χ4n) is 1.13. The molecule has 1 aromatic carbocycles. The van der Waals surface area contributed by atoms with Crippen LogP contribution < -0.4 is 16.0 Å². The van der Waals surface area contributed by atoms with Crippen LogP contribution in [0.5, 0.6) is 0 Å². The lowest BCUT2D eigenvalue weighted by molar-refractivity contribution is -0.119. The van der Waals surface area contributed by atoms with Crippen LogP contribution in [0.1, 0.15) is 0 Å². The Balaban J connectivity index is 2.35. The van der Waals surface area contributed by atoms with Crippen LogP contribution in [0.25, 0.3) is 0 Å². The molecule has 0 saturated carbocycles. The summed E-state index contributed by atoms with van der Waals surface area (Å²) in [5.41, 5.74) is 0.708. The highest BCUT2D eigenvalue weighted by Gasteiger charge is 2.05. The average Bonchev–Trinajstić information content (AvgIpc) is 2.32. The molecule has 92 valence electrons. The lowest BCUT2D eigenvalue weighted by Gasteiger charge is -2.07. The van der Waals surface area contributed by atoms with Gasteiger partial charge in [0.2, 0.25) is 11.8 Å². The summed E-state index contributed by atoms with van der Waals surface area (Å²) in [5.74, 6) is -0.348. The Kier molecular flexibility index (Phi) is 5.65. The Hall–Kier alpha value is -1.40. The van der Waals surface area contributed by atoms with Gasteiger partial charge in [-0.2, -0.15) is 0 Å². The number of rotatable bonds is 5. The zero-order valence-corrected chi connectivity index (χ0v) is 11.0. The van der Waals surface area contributed by atoms with Gasteiger partial charge in [0.05, 0.1) is 18.8 Å². The molecule has 0 unspecified atom stereocenters. The van der Waals surface area contributed by atoms with E-state index in [4.69, 9.17) is 0 Å². The molecule has 0 atom stereocenters. The maximum absolute atomic E-state index is 11.5. The fraction of sp³-hybridized carbons (Fsp3) is 0.273. The molecular weight excluding hydrogens is 286 g/mol. The van der Waals surface area contributed by atoms with E-state index >= 15 is 0 Å². The number of para-hydroxylation sites is 1. The molecule has 0 aliphatic rings. The number of amides is 2. The maximum Gasteiger partial charge on any atom is 0.238 e. The van der Waals surface area contributed by atoms with Crippen molar-refractivity contribution in [1.82, 2.24) is 10.6 Å². The van der Waals surface area contributed by atoms with Gasteiger partial charge in [0.15, 0.2) is 0 Å². The lowest BCUT2D eigenvalue weighted by Crippen LogP contribution is -2.36. The number of benzene rings is 1. The zero-order chi connectivity index (χ0) is 12.7. The average molecular weight is 300 g/mol. The smallest absolute Gasteiger partial charge is 0.238 e. The summed E-state index contributed by atoms with van der Waals surface area (Å²) in [5, 5.41) is 7.91. The van der Waals surface area contributed by atoms with Crippen molar-refractivity contribution in [3.63, 3.8) is 0 Å². The first kappa shape index (κ1) is 13.7. The molecule has 1 rings (SSSR count). The maximum atomic E-state index is 11.5. The molecule has 0 fully saturated rings. The first-order chi connectivity index (χ1) is 8.13. The van der Waals surface area contributed by atoms with Gasteiger partial charge in [-0.15, -0.1) is 0 Å². The molecule has 17 heavy (non-hydrogen) atoms. The number of anilines is 1. The summed E-state index contributed by atoms with van der Waals surface area (Å²) in [6.45, 7) is 0.217. The Morgan fingerprint density at radius 2 is 1.82 bits per heavy atom. The van der Waals surface area contributed by atoms with Gasteiger partial charge in [-0.25, -0.2) is 0 Å². The van der Waals surface area contributed by atoms with Crippen LogP contribution in [0.3, 0.4) is 0 Å². The molecule has 0 saturated heterocycles. The van der Waals surface area contributed by atoms with Crippen LogP contribution >= 0.6 is 15.9 Å². The van der Waals surface area contributed by atoms with E-state index in [0.717, 1.165) is 4.47 Å². The predicted molar refractivity (Wildman–Crippen MR) is 69.7 cm³/mol. The second-order valence-electron chi connectivity index (χ2n) is 3.30. The van der Waals surface area contributed by atoms with Gasteiger partial charge in [-0.05, 0) is 28.1 Å². The highest BCUT2D eigenvalue weighted by atomic mass is 79.9. The third kappa shape index (κ3) is 4.97. The normalized spacial score (nSPS) is 9.76. The summed E-state index contributed by atoms with van der Waals surface area (Å²) in [7, 11) is 1.55. The standard InChI is InChI=1S/C11H14BrN3O2/c1-13-10(16)6-14-7-11(17)15-9-5-3-2-4-8(9)12/h2-5,14H,6-7H2,1H3,(H,13,16)(H,15,17). The Morgan fingerprint density at radius 3 is 2.47 bits per heavy atom. The van der Waals surface area contributed by atoms with E-state index < -0.39 is 0 Å². The van der Waals surface area contributed by atoms with E-state index in [1.807, 2.05) is 18.2 Å². The second kappa shape index (κ2) is 7.03. The van der Waals surface area contributed by atoms with Crippen molar-refractivity contribution < 1.29 is 9.59 Å². The van der Waals surface area contributed by atoms with Crippen LogP contribution in [0.15, 0.2) is 28.7 Å². The minimum absolute atomic E-state index is 0.0920. The van der Waals surface area contributed by atoms with Gasteiger partial charge in [0.1, 0.15) is 0 Å². The van der Waals surface area contributed by atoms with Crippen molar-refractivity contribution in [1.29, 1.82) is 0 Å². The van der Waals surface area contributed by atoms with Crippen LogP contribution in [-0.4, -0.2) is 32.0 Å². The summed E-state index contributed by atoms with van der Waals surface area (Å²) in [4.78, 5) is 22.4. The summed E-state index contributed by atoms with van der Waals surface area (Å²) in [6.07, 6.45) is 0. The molecule has 2 amide bonds. The monoisotopic (exact) mass is 299 g/mol. The third-order valence-corrected chi connectivity index (χ3v) is 2.69. The number of nitrogens with one attached hydrogen (secondary N) is 3. The summed E-state index contributed by atoms with van der Waals surface area (Å²) in [6, 6.07) is 7.33. The first-order valence-electron chi connectivity index (χ1n) is 5.09. The molecule has 1 aromatic rings. The molecule has 0 heterocycles. The van der Waals surface area contributed by atoms with E-state index in [1.165, 1.54) is 0 Å². The Labute approximate surface area is 108 Å². The molecule has 5 nitrogen and oxygen atoms in total. The van der Waals surface area contributed by atoms with E-state index in [1.54, 1.807) is 13.1 Å². The number of halogens is 1. The van der Waals surface area contributed by atoms with Crippen molar-refractivity contribution in [3.05, 3.63) is 28.7 Å². The van der Waals surface area contributed by atoms with Gasteiger partial charge in [-0.1, -0.05) is 12.1 Å². The number of carbonyl (C=O) groups excluding carboxylic acids is 2. The quantitative estimate of drug-likeness (QED) is 0.750. The van der Waals surface area contributed by atoms with Crippen molar-refractivity contribution in [2.45, 2.75) is 0 Å². The highest BCUT2D eigenvalue weighted by Crippen LogP contribution is 2.20. The summed E-state index contributed by atoms with van der Waals surface area (Å²) < 4.78 is 0.819. The van der Waals surface area contributed by atoms with Crippen molar-refractivity contribution in [2.24, 2.45) is 0 Å². The SMILES string of the molecule is CNC(=O)CNCC(=O)Nc1ccccc1Br. The van der Waals surface area contributed by atoms with E-state index in [2.05, 4.69) is 31.9 Å². The molecule has 0 aliphatic heterocycles. The van der Waals surface area contributed by atoms with Gasteiger partial charge < -0.3 is 10.6 Å².